The fourth-order valence-corrected chi connectivity index (χ4v) is 6.67. The standard InChI is InChI=1S/C26H33N9O8/c1-24(2)6-7-43-18-12(4-3-5-13(18)24)20(39)30-15-9-35-22(28)29-14(19-25(35,26(15,41)42)32-21(27)31-19)8-34-16(36)10-33(23(34)40)11-17(37)38/h3-5,14-15,19,41-42H,6-11H2,1-2H3,(H2,28,29)(H,30,39)(H,37,38)(H3,27,31,32)/t14-,15?,19-,25?/m0/s1. The number of aliphatic hydroxyl groups is 2. The normalized spacial score (nSPS) is 30.0. The number of carbonyl (C=O) groups is 4. The Kier molecular flexibility index (Phi) is 6.25. The highest BCUT2D eigenvalue weighted by Gasteiger charge is 2.73. The van der Waals surface area contributed by atoms with Gasteiger partial charge in [-0.05, 0) is 17.9 Å². The summed E-state index contributed by atoms with van der Waals surface area (Å²) in [6.45, 7) is 2.82. The fraction of sp³-hybridized carbons (Fsp3) is 0.538. The van der Waals surface area contributed by atoms with E-state index in [9.17, 15) is 29.4 Å². The van der Waals surface area contributed by atoms with Crippen molar-refractivity contribution in [2.45, 2.75) is 55.3 Å². The lowest BCUT2D eigenvalue weighted by Crippen LogP contribution is -2.78. The monoisotopic (exact) mass is 599 g/mol. The van der Waals surface area contributed by atoms with Crippen LogP contribution in [0.1, 0.15) is 36.2 Å². The Morgan fingerprint density at radius 1 is 1.21 bits per heavy atom. The van der Waals surface area contributed by atoms with Crippen molar-refractivity contribution in [3.8, 4) is 5.75 Å². The van der Waals surface area contributed by atoms with E-state index in [0.29, 0.717) is 12.4 Å². The number of fused-ring (bicyclic) bond motifs is 1. The average Bonchev–Trinajstić information content (AvgIpc) is 3.49. The van der Waals surface area contributed by atoms with E-state index >= 15 is 0 Å². The molecule has 0 aliphatic carbocycles. The lowest BCUT2D eigenvalue weighted by Gasteiger charge is -2.49. The number of carboxylic acids is 1. The number of benzene rings is 1. The predicted molar refractivity (Wildman–Crippen MR) is 148 cm³/mol. The smallest absolute Gasteiger partial charge is 0.327 e. The molecule has 1 aromatic rings. The first-order valence-corrected chi connectivity index (χ1v) is 13.7. The summed E-state index contributed by atoms with van der Waals surface area (Å²) in [7, 11) is 0. The number of imide groups is 1. The van der Waals surface area contributed by atoms with Gasteiger partial charge in [0.1, 0.15) is 30.9 Å². The van der Waals surface area contributed by atoms with Crippen LogP contribution in [0.3, 0.4) is 0 Å². The Balaban J connectivity index is 1.29. The van der Waals surface area contributed by atoms with Gasteiger partial charge >= 0.3 is 12.0 Å². The van der Waals surface area contributed by atoms with Gasteiger partial charge in [-0.15, -0.1) is 0 Å². The Hall–Kier alpha value is -4.64. The number of aliphatic imine (C=N–C) groups is 2. The summed E-state index contributed by atoms with van der Waals surface area (Å²) < 4.78 is 5.87. The molecule has 5 aliphatic heterocycles. The van der Waals surface area contributed by atoms with Crippen LogP contribution in [0.4, 0.5) is 4.79 Å². The van der Waals surface area contributed by atoms with Crippen LogP contribution in [-0.4, -0.2) is 128 Å². The number of aliphatic carboxylic acids is 1. The highest BCUT2D eigenvalue weighted by Crippen LogP contribution is 2.45. The first-order chi connectivity index (χ1) is 20.2. The van der Waals surface area contributed by atoms with Crippen molar-refractivity contribution in [2.75, 3.05) is 32.8 Å². The second-order valence-corrected chi connectivity index (χ2v) is 12.0. The van der Waals surface area contributed by atoms with Gasteiger partial charge in [0.25, 0.3) is 5.91 Å². The number of amides is 4. The van der Waals surface area contributed by atoms with Crippen molar-refractivity contribution in [3.05, 3.63) is 29.3 Å². The van der Waals surface area contributed by atoms with Gasteiger partial charge in [-0.3, -0.25) is 19.3 Å². The van der Waals surface area contributed by atoms with E-state index in [1.54, 1.807) is 12.1 Å². The van der Waals surface area contributed by atoms with Gasteiger partial charge < -0.3 is 52.0 Å². The zero-order valence-electron chi connectivity index (χ0n) is 23.5. The lowest BCUT2D eigenvalue weighted by atomic mass is 9.79. The molecule has 0 saturated carbocycles. The number of nitrogens with one attached hydrogen (secondary N) is 2. The van der Waals surface area contributed by atoms with Crippen molar-refractivity contribution in [2.24, 2.45) is 21.5 Å². The Morgan fingerprint density at radius 2 is 1.95 bits per heavy atom. The van der Waals surface area contributed by atoms with E-state index < -0.39 is 66.5 Å². The number of hydrogen-bond donors (Lipinski definition) is 7. The number of carboxylic acid groups (broad SMARTS) is 1. The number of hydrogen-bond acceptors (Lipinski definition) is 13. The molecule has 4 amide bonds. The van der Waals surface area contributed by atoms with Crippen LogP contribution in [0, 0.1) is 0 Å². The van der Waals surface area contributed by atoms with Crippen molar-refractivity contribution in [3.63, 3.8) is 0 Å². The van der Waals surface area contributed by atoms with Gasteiger partial charge in [0, 0.05) is 12.1 Å². The van der Waals surface area contributed by atoms with Gasteiger partial charge in [-0.1, -0.05) is 26.0 Å². The second-order valence-electron chi connectivity index (χ2n) is 12.0. The van der Waals surface area contributed by atoms with Gasteiger partial charge in [0.05, 0.1) is 24.8 Å². The van der Waals surface area contributed by atoms with Crippen LogP contribution < -0.4 is 26.8 Å². The van der Waals surface area contributed by atoms with Crippen LogP contribution >= 0.6 is 0 Å². The first-order valence-electron chi connectivity index (χ1n) is 13.7. The fourth-order valence-electron chi connectivity index (χ4n) is 6.67. The molecule has 17 heteroatoms. The molecule has 17 nitrogen and oxygen atoms in total. The van der Waals surface area contributed by atoms with Crippen molar-refractivity contribution < 1.29 is 39.2 Å². The molecule has 1 aromatic carbocycles. The van der Waals surface area contributed by atoms with Crippen LogP contribution in [-0.2, 0) is 15.0 Å². The first kappa shape index (κ1) is 28.5. The molecule has 4 atom stereocenters. The van der Waals surface area contributed by atoms with Crippen molar-refractivity contribution in [1.29, 1.82) is 0 Å². The number of guanidine groups is 2. The Bertz CT molecular complexity index is 1490. The molecule has 43 heavy (non-hydrogen) atoms. The van der Waals surface area contributed by atoms with Gasteiger partial charge in [0.2, 0.25) is 11.7 Å². The number of para-hydroxylation sites is 1. The van der Waals surface area contributed by atoms with Gasteiger partial charge in [-0.2, -0.15) is 0 Å². The second kappa shape index (κ2) is 9.43. The van der Waals surface area contributed by atoms with Crippen LogP contribution in [0.2, 0.25) is 0 Å². The van der Waals surface area contributed by atoms with Crippen LogP contribution in [0.5, 0.6) is 5.75 Å². The highest BCUT2D eigenvalue weighted by molar-refractivity contribution is 6.03. The number of rotatable bonds is 6. The molecular formula is C26H33N9O8. The van der Waals surface area contributed by atoms with E-state index in [1.807, 2.05) is 6.07 Å². The molecule has 0 radical (unpaired) electrons. The molecule has 6 rings (SSSR count). The van der Waals surface area contributed by atoms with E-state index in [4.69, 9.17) is 21.3 Å². The quantitative estimate of drug-likeness (QED) is 0.127. The Morgan fingerprint density at radius 3 is 2.67 bits per heavy atom. The molecule has 1 spiro atoms. The van der Waals surface area contributed by atoms with Crippen LogP contribution in [0.15, 0.2) is 28.2 Å². The molecule has 0 aromatic heterocycles. The summed E-state index contributed by atoms with van der Waals surface area (Å²) >= 11 is 0. The molecule has 5 heterocycles. The minimum Gasteiger partial charge on any atom is -0.492 e. The third kappa shape index (κ3) is 4.13. The number of urea groups is 1. The lowest BCUT2D eigenvalue weighted by molar-refractivity contribution is -0.230. The molecule has 0 bridgehead atoms. The van der Waals surface area contributed by atoms with E-state index in [1.165, 1.54) is 4.90 Å². The van der Waals surface area contributed by atoms with E-state index in [2.05, 4.69) is 34.5 Å². The summed E-state index contributed by atoms with van der Waals surface area (Å²) in [5, 5.41) is 38.0. The zero-order chi connectivity index (χ0) is 31.1. The molecule has 9 N–H and O–H groups in total. The topological polar surface area (TPSA) is 249 Å². The molecule has 2 saturated heterocycles. The summed E-state index contributed by atoms with van der Waals surface area (Å²) in [6.07, 6.45) is 0.766. The maximum absolute atomic E-state index is 13.6. The summed E-state index contributed by atoms with van der Waals surface area (Å²) in [5.41, 5.74) is 11.3. The van der Waals surface area contributed by atoms with Crippen LogP contribution in [0.25, 0.3) is 0 Å². The van der Waals surface area contributed by atoms with Gasteiger partial charge in [-0.25, -0.2) is 14.8 Å². The molecule has 2 fully saturated rings. The van der Waals surface area contributed by atoms with Gasteiger partial charge in [0.15, 0.2) is 17.6 Å². The highest BCUT2D eigenvalue weighted by atomic mass is 16.5. The van der Waals surface area contributed by atoms with E-state index in [-0.39, 0.29) is 36.0 Å². The molecule has 2 unspecified atom stereocenters. The molecular weight excluding hydrogens is 566 g/mol. The molecule has 230 valence electrons. The average molecular weight is 600 g/mol. The number of nitrogens with zero attached hydrogens (tertiary/aromatic N) is 5. The van der Waals surface area contributed by atoms with Crippen molar-refractivity contribution in [1.82, 2.24) is 25.3 Å². The zero-order valence-corrected chi connectivity index (χ0v) is 23.5. The van der Waals surface area contributed by atoms with E-state index in [0.717, 1.165) is 21.8 Å². The third-order valence-corrected chi connectivity index (χ3v) is 8.89. The summed E-state index contributed by atoms with van der Waals surface area (Å²) in [5.74, 6) is -5.23. The predicted octanol–water partition coefficient (Wildman–Crippen LogP) is -3.13. The number of nitrogens with two attached hydrogens (primary N) is 2. The summed E-state index contributed by atoms with van der Waals surface area (Å²) in [6, 6.07) is 0.775. The summed E-state index contributed by atoms with van der Waals surface area (Å²) in [4.78, 5) is 61.9. The molecule has 5 aliphatic rings. The van der Waals surface area contributed by atoms with Crippen molar-refractivity contribution >= 4 is 35.7 Å². The Labute approximate surface area is 245 Å². The maximum atomic E-state index is 13.6. The SMILES string of the molecule is CC1(C)CCOc2c(C(=O)NC3CN4C(N)=N[C@@H](CN5C(=O)CN(CC(=O)O)C5=O)[C@@H]5N=C(N)NC54C3(O)O)cccc21. The largest absolute Gasteiger partial charge is 0.492 e. The number of carbonyl (C=O) groups excluding carboxylic acids is 3. The minimum atomic E-state index is -2.75. The number of ether oxygens (including phenoxy) is 1. The minimum absolute atomic E-state index is 0.175. The maximum Gasteiger partial charge on any atom is 0.327 e. The third-order valence-electron chi connectivity index (χ3n) is 8.89.